The first kappa shape index (κ1) is 102. The van der Waals surface area contributed by atoms with Crippen molar-refractivity contribution in [2.75, 3.05) is 115 Å². The van der Waals surface area contributed by atoms with Crippen LogP contribution in [0, 0.1) is 6.92 Å². The highest BCUT2D eigenvalue weighted by atomic mass is 16.6. The number of cyclic esters (lactones) is 1. The number of aromatic nitrogens is 8. The summed E-state index contributed by atoms with van der Waals surface area (Å²) < 4.78 is 24.7. The van der Waals surface area contributed by atoms with Crippen LogP contribution in [0.5, 0.6) is 0 Å². The van der Waals surface area contributed by atoms with Crippen molar-refractivity contribution >= 4 is 47.1 Å². The maximum Gasteiger partial charge on any atom is 0.436 e. The number of likely N-dealkylation sites (tertiary alicyclic amines) is 1. The Kier molecular flexibility index (Phi) is 80.6. The molecule has 4 amide bonds. The van der Waals surface area contributed by atoms with E-state index in [1.165, 1.54) is 49.8 Å². The number of rotatable bonds is 0. The largest absolute Gasteiger partial charge is 0.448 e. The minimum atomic E-state index is -0.414. The predicted octanol–water partition coefficient (Wildman–Crippen LogP) is 9.92. The molecule has 0 saturated carbocycles. The molecule has 27 nitrogen and oxygen atoms in total. The van der Waals surface area contributed by atoms with E-state index in [2.05, 4.69) is 63.7 Å². The fourth-order valence-corrected chi connectivity index (χ4v) is 5.86. The van der Waals surface area contributed by atoms with Gasteiger partial charge >= 0.3 is 11.8 Å². The number of hydrogen-bond acceptors (Lipinski definition) is 19. The molecule has 4 fully saturated rings. The standard InChI is InChI=1S/C8H8N2.2C5H6N2O.C5H9NO2.C5H11NO.C5H9NO.C4H6N2O2.C4H6N2O.C4H8N2.C4H7NO2.9C2H6/c1-10-8-5-3-2-4-7(8)6-9-10;1-7-4-6-3-2-5(7)8;1-7-5(8)3-2-4-6-7;1-6-2-3-8-4-5(6)7;1-6-2-4-7-5-3-6;1-6-4-2-3-5(6)7;1-3-5-6(2)4(7)8-3;1-6-4(7)2-3-5-6;1-6-4-2-3-5-6;1-5-2-3-7-4(5)6;9*1-2/h2-6H,1H3;2*2-4H,1H3;2-4H2,1H3;2-5H2,1H3;2-4H2,1H3;1-2H3;3H,2H2,1H3;3H,2,4H2,1H3;2-3H2,1H3;9*1-2H3. The van der Waals surface area contributed by atoms with Crippen LogP contribution < -0.4 is 16.9 Å². The molecule has 10 heterocycles. The number of nitrogens with zero attached hydrogens (tertiary/aromatic N) is 16. The number of hydrogen-bond donors (Lipinski definition) is 0. The number of ether oxygens (including phenoxy) is 3. The molecule has 6 aliphatic heterocycles. The van der Waals surface area contributed by atoms with Gasteiger partial charge in [-0.05, 0) is 25.6 Å². The van der Waals surface area contributed by atoms with Crippen LogP contribution in [0.3, 0.4) is 0 Å². The Morgan fingerprint density at radius 2 is 1.03 bits per heavy atom. The summed E-state index contributed by atoms with van der Waals surface area (Å²) in [4.78, 5) is 84.1. The first-order valence-corrected chi connectivity index (χ1v) is 33.2. The van der Waals surface area contributed by atoms with Crippen LogP contribution in [0.15, 0.2) is 96.4 Å². The Labute approximate surface area is 566 Å². The maximum atomic E-state index is 10.6. The van der Waals surface area contributed by atoms with Crippen LogP contribution >= 0.6 is 0 Å². The van der Waals surface area contributed by atoms with Gasteiger partial charge in [-0.25, -0.2) is 24.3 Å². The van der Waals surface area contributed by atoms with Crippen molar-refractivity contribution in [1.82, 2.24) is 68.5 Å². The third-order valence-corrected chi connectivity index (χ3v) is 10.7. The monoisotopic (exact) mass is 1340 g/mol. The van der Waals surface area contributed by atoms with E-state index in [1.54, 1.807) is 82.4 Å². The molecule has 11 rings (SSSR count). The van der Waals surface area contributed by atoms with Crippen LogP contribution in [0.2, 0.25) is 0 Å². The number of hydrazone groups is 2. The van der Waals surface area contributed by atoms with E-state index in [0.29, 0.717) is 31.4 Å². The van der Waals surface area contributed by atoms with Crippen LogP contribution in [0.4, 0.5) is 4.79 Å². The van der Waals surface area contributed by atoms with Gasteiger partial charge in [-0.3, -0.25) is 28.7 Å². The molecule has 0 bridgehead atoms. The van der Waals surface area contributed by atoms with Gasteiger partial charge in [-0.15, -0.1) is 5.10 Å². The minimum Gasteiger partial charge on any atom is -0.448 e. The van der Waals surface area contributed by atoms with E-state index in [9.17, 15) is 33.6 Å². The SMILES string of the molecule is CC.CC.CC.CC.CC.CC.CC.CC.CC.CN1CCC=N1.CN1CCCC1=O.CN1CCOC1=O.CN1CCOCC1.CN1CCOCC1=O.CN1N=CCC1=O.Cc1nn(C)c(=O)o1.Cn1cnccc1=O.Cn1ncc2ccccc21.Cn1ncccc1=O. The van der Waals surface area contributed by atoms with Crippen molar-refractivity contribution < 1.29 is 37.8 Å². The second-order valence-electron chi connectivity index (χ2n) is 17.0. The number of para-hydroxylation sites is 1. The minimum absolute atomic E-state index is 0.0278. The molecule has 6 aliphatic rings. The Morgan fingerprint density at radius 1 is 0.479 bits per heavy atom. The number of morpholine rings is 2. The van der Waals surface area contributed by atoms with Crippen LogP contribution in [-0.2, 0) is 56.8 Å². The van der Waals surface area contributed by atoms with Gasteiger partial charge < -0.3 is 47.8 Å². The highest BCUT2D eigenvalue weighted by Gasteiger charge is 2.16. The highest BCUT2D eigenvalue weighted by molar-refractivity contribution is 5.93. The molecular weight excluding hydrogens is 1200 g/mol. The van der Waals surface area contributed by atoms with E-state index in [4.69, 9.17) is 9.47 Å². The van der Waals surface area contributed by atoms with Crippen molar-refractivity contribution in [1.29, 1.82) is 0 Å². The Hall–Kier alpha value is -7.91. The van der Waals surface area contributed by atoms with Gasteiger partial charge in [0, 0.05) is 158 Å². The van der Waals surface area contributed by atoms with Gasteiger partial charge in [0.25, 0.3) is 11.1 Å². The average molecular weight is 1340 g/mol. The maximum absolute atomic E-state index is 10.6. The van der Waals surface area contributed by atoms with Gasteiger partial charge in [-0.2, -0.15) is 25.1 Å². The third-order valence-electron chi connectivity index (χ3n) is 10.7. The van der Waals surface area contributed by atoms with E-state index in [0.717, 1.165) is 76.4 Å². The van der Waals surface area contributed by atoms with Gasteiger partial charge in [0.1, 0.15) is 13.2 Å². The molecule has 4 aromatic heterocycles. The lowest BCUT2D eigenvalue weighted by Crippen LogP contribution is -2.38. The van der Waals surface area contributed by atoms with E-state index >= 15 is 0 Å². The summed E-state index contributed by atoms with van der Waals surface area (Å²) in [6.07, 6.45) is 13.1. The van der Waals surface area contributed by atoms with Crippen LogP contribution in [-0.4, -0.2) is 219 Å². The molecule has 0 spiro atoms. The first-order chi connectivity index (χ1) is 45.2. The van der Waals surface area contributed by atoms with Crippen LogP contribution in [0.25, 0.3) is 10.9 Å². The number of carbonyl (C=O) groups is 4. The molecule has 0 unspecified atom stereocenters. The number of fused-ring (bicyclic) bond motifs is 1. The summed E-state index contributed by atoms with van der Waals surface area (Å²) in [5, 5.41) is 23.5. The molecule has 1 aromatic carbocycles. The quantitative estimate of drug-likeness (QED) is 0.139. The molecular formula is C67H130N16O11. The second kappa shape index (κ2) is 74.1. The normalized spacial score (nSPS) is 13.6. The smallest absolute Gasteiger partial charge is 0.436 e. The zero-order chi connectivity index (χ0) is 74.4. The summed E-state index contributed by atoms with van der Waals surface area (Å²) in [7, 11) is 17.8. The van der Waals surface area contributed by atoms with Gasteiger partial charge in [0.2, 0.25) is 23.6 Å². The van der Waals surface area contributed by atoms with Crippen molar-refractivity contribution in [2.45, 2.75) is 157 Å². The number of aryl methyl sites for hydroxylation is 5. The molecule has 5 aromatic rings. The number of likely N-dealkylation sites (N-methyl/N-ethyl adjacent to an activating group) is 3. The fourth-order valence-electron chi connectivity index (χ4n) is 5.86. The van der Waals surface area contributed by atoms with Gasteiger partial charge in [-0.1, -0.05) is 143 Å². The van der Waals surface area contributed by atoms with Crippen LogP contribution in [0.1, 0.15) is 156 Å². The lowest BCUT2D eigenvalue weighted by atomic mass is 10.3. The number of amides is 4. The summed E-state index contributed by atoms with van der Waals surface area (Å²) in [5.41, 5.74) is 1.08. The molecule has 544 valence electrons. The predicted molar refractivity (Wildman–Crippen MR) is 388 cm³/mol. The number of benzene rings is 1. The zero-order valence-corrected chi connectivity index (χ0v) is 63.8. The molecule has 0 N–H and O–H groups in total. The Balaban J connectivity index is -0.000000142. The summed E-state index contributed by atoms with van der Waals surface area (Å²) in [6, 6.07) is 12.6. The van der Waals surface area contributed by atoms with E-state index in [-0.39, 0.29) is 35.6 Å². The molecule has 0 atom stereocenters. The van der Waals surface area contributed by atoms with E-state index in [1.807, 2.05) is 180 Å². The van der Waals surface area contributed by atoms with Crippen molar-refractivity contribution in [3.05, 3.63) is 105 Å². The van der Waals surface area contributed by atoms with Gasteiger partial charge in [0.15, 0.2) is 0 Å². The first-order valence-electron chi connectivity index (χ1n) is 33.2. The topological polar surface area (TPSA) is 276 Å². The van der Waals surface area contributed by atoms with E-state index < -0.39 is 5.76 Å². The second-order valence-corrected chi connectivity index (χ2v) is 17.0. The van der Waals surface area contributed by atoms with Crippen molar-refractivity contribution in [3.8, 4) is 0 Å². The van der Waals surface area contributed by atoms with Gasteiger partial charge in [0.05, 0.1) is 50.8 Å². The summed E-state index contributed by atoms with van der Waals surface area (Å²) >= 11 is 0. The average Bonchev–Trinajstić information content (AvgIpc) is 1.79. The molecule has 94 heavy (non-hydrogen) atoms. The summed E-state index contributed by atoms with van der Waals surface area (Å²) in [5.74, 6) is 0.427. The molecule has 27 heteroatoms. The third kappa shape index (κ3) is 55.7. The Morgan fingerprint density at radius 3 is 1.29 bits per heavy atom. The van der Waals surface area contributed by atoms with Crippen molar-refractivity contribution in [3.63, 3.8) is 0 Å². The molecule has 0 aliphatic carbocycles. The lowest BCUT2D eigenvalue weighted by Gasteiger charge is -2.21. The summed E-state index contributed by atoms with van der Waals surface area (Å²) in [6.45, 7) is 46.7. The lowest BCUT2D eigenvalue weighted by molar-refractivity contribution is -0.140. The molecule has 4 saturated heterocycles. The zero-order valence-electron chi connectivity index (χ0n) is 63.8. The molecule has 0 radical (unpaired) electrons. The highest BCUT2D eigenvalue weighted by Crippen LogP contribution is 2.10. The Bertz CT molecular complexity index is 2660. The fraction of sp³-hybridized carbons (Fsp3) is 0.657. The van der Waals surface area contributed by atoms with Crippen molar-refractivity contribution in [2.24, 2.45) is 38.4 Å². The number of carbonyl (C=O) groups excluding carboxylic acids is 4.